The molecule has 0 aliphatic rings. The third kappa shape index (κ3) is 3.82. The SMILES string of the molecule is O=C(O)CSCC(=O)N(c1ccccc1)c1nccs1. The van der Waals surface area contributed by atoms with E-state index in [1.165, 1.54) is 16.2 Å². The van der Waals surface area contributed by atoms with Gasteiger partial charge in [0, 0.05) is 11.6 Å². The summed E-state index contributed by atoms with van der Waals surface area (Å²) in [6.07, 6.45) is 1.63. The van der Waals surface area contributed by atoms with Crippen molar-refractivity contribution in [2.75, 3.05) is 16.4 Å². The number of aliphatic carboxylic acids is 1. The minimum atomic E-state index is -0.927. The molecule has 2 aromatic rings. The van der Waals surface area contributed by atoms with Gasteiger partial charge in [-0.2, -0.15) is 0 Å². The summed E-state index contributed by atoms with van der Waals surface area (Å²) >= 11 is 2.44. The number of para-hydroxylation sites is 1. The molecule has 1 heterocycles. The Labute approximate surface area is 124 Å². The van der Waals surface area contributed by atoms with Crippen LogP contribution in [0.4, 0.5) is 10.8 Å². The lowest BCUT2D eigenvalue weighted by Crippen LogP contribution is -2.27. The predicted octanol–water partition coefficient (Wildman–Crippen LogP) is 2.63. The highest BCUT2D eigenvalue weighted by Gasteiger charge is 2.20. The number of aromatic nitrogens is 1. The largest absolute Gasteiger partial charge is 0.481 e. The molecule has 0 fully saturated rings. The molecule has 0 saturated heterocycles. The van der Waals surface area contributed by atoms with Crippen molar-refractivity contribution < 1.29 is 14.7 Å². The highest BCUT2D eigenvalue weighted by Crippen LogP contribution is 2.27. The minimum Gasteiger partial charge on any atom is -0.481 e. The average Bonchev–Trinajstić information content (AvgIpc) is 2.93. The fraction of sp³-hybridized carbons (Fsp3) is 0.154. The van der Waals surface area contributed by atoms with Gasteiger partial charge in [0.25, 0.3) is 0 Å². The molecule has 104 valence electrons. The summed E-state index contributed by atoms with van der Waals surface area (Å²) in [5.74, 6) is -1.10. The van der Waals surface area contributed by atoms with E-state index in [0.29, 0.717) is 5.13 Å². The van der Waals surface area contributed by atoms with E-state index in [1.54, 1.807) is 11.6 Å². The monoisotopic (exact) mass is 308 g/mol. The number of thiazole rings is 1. The molecule has 1 aromatic carbocycles. The molecule has 0 spiro atoms. The number of benzene rings is 1. The Balaban J connectivity index is 2.15. The van der Waals surface area contributed by atoms with E-state index in [4.69, 9.17) is 5.11 Å². The normalized spacial score (nSPS) is 10.2. The van der Waals surface area contributed by atoms with Gasteiger partial charge in [-0.05, 0) is 12.1 Å². The van der Waals surface area contributed by atoms with Crippen LogP contribution in [0.25, 0.3) is 0 Å². The van der Waals surface area contributed by atoms with E-state index in [1.807, 2.05) is 30.3 Å². The Bertz CT molecular complexity index is 573. The summed E-state index contributed by atoms with van der Waals surface area (Å²) in [7, 11) is 0. The van der Waals surface area contributed by atoms with Crippen molar-refractivity contribution >= 4 is 45.8 Å². The summed E-state index contributed by atoms with van der Waals surface area (Å²) in [5, 5.41) is 11.0. The fourth-order valence-corrected chi connectivity index (χ4v) is 2.81. The molecule has 0 saturated carbocycles. The quantitative estimate of drug-likeness (QED) is 0.888. The first kappa shape index (κ1) is 14.5. The Hall–Kier alpha value is -1.86. The van der Waals surface area contributed by atoms with Crippen molar-refractivity contribution in [2.24, 2.45) is 0 Å². The lowest BCUT2D eigenvalue weighted by molar-refractivity contribution is -0.133. The second-order valence-corrected chi connectivity index (χ2v) is 5.62. The van der Waals surface area contributed by atoms with Crippen LogP contribution in [-0.4, -0.2) is 33.5 Å². The van der Waals surface area contributed by atoms with Gasteiger partial charge in [0.15, 0.2) is 5.13 Å². The number of hydrogen-bond acceptors (Lipinski definition) is 5. The van der Waals surface area contributed by atoms with Gasteiger partial charge in [-0.25, -0.2) is 4.98 Å². The number of hydrogen-bond donors (Lipinski definition) is 1. The molecule has 5 nitrogen and oxygen atoms in total. The summed E-state index contributed by atoms with van der Waals surface area (Å²) in [5.41, 5.74) is 0.725. The minimum absolute atomic E-state index is 0.0910. The lowest BCUT2D eigenvalue weighted by atomic mass is 10.3. The number of anilines is 2. The number of nitrogens with zero attached hydrogens (tertiary/aromatic N) is 2. The van der Waals surface area contributed by atoms with Crippen molar-refractivity contribution in [1.82, 2.24) is 4.98 Å². The van der Waals surface area contributed by atoms with E-state index in [0.717, 1.165) is 17.4 Å². The van der Waals surface area contributed by atoms with Crippen molar-refractivity contribution in [2.45, 2.75) is 0 Å². The number of amides is 1. The number of carboxylic acid groups (broad SMARTS) is 1. The van der Waals surface area contributed by atoms with Gasteiger partial charge >= 0.3 is 5.97 Å². The smallest absolute Gasteiger partial charge is 0.313 e. The third-order valence-corrected chi connectivity index (χ3v) is 3.98. The standard InChI is InChI=1S/C13H12N2O3S2/c16-11(8-19-9-12(17)18)15(13-14-6-7-20-13)10-4-2-1-3-5-10/h1-7H,8-9H2,(H,17,18). The van der Waals surface area contributed by atoms with Crippen LogP contribution in [0.1, 0.15) is 0 Å². The van der Waals surface area contributed by atoms with Crippen molar-refractivity contribution in [3.05, 3.63) is 41.9 Å². The molecule has 0 bridgehead atoms. The number of rotatable bonds is 6. The fourth-order valence-electron chi connectivity index (χ4n) is 1.55. The molecule has 0 atom stereocenters. The number of thioether (sulfide) groups is 1. The molecule has 0 unspecified atom stereocenters. The van der Waals surface area contributed by atoms with Crippen molar-refractivity contribution in [1.29, 1.82) is 0 Å². The van der Waals surface area contributed by atoms with Crippen LogP contribution in [0, 0.1) is 0 Å². The second-order valence-electron chi connectivity index (χ2n) is 3.77. The maximum absolute atomic E-state index is 12.3. The topological polar surface area (TPSA) is 70.5 Å². The van der Waals surface area contributed by atoms with E-state index in [2.05, 4.69) is 4.98 Å². The number of carbonyl (C=O) groups is 2. The van der Waals surface area contributed by atoms with Gasteiger partial charge in [0.2, 0.25) is 5.91 Å². The van der Waals surface area contributed by atoms with Crippen LogP contribution in [0.15, 0.2) is 41.9 Å². The Kier molecular flexibility index (Phi) is 5.14. The van der Waals surface area contributed by atoms with Crippen LogP contribution in [0.5, 0.6) is 0 Å². The lowest BCUT2D eigenvalue weighted by Gasteiger charge is -2.19. The van der Waals surface area contributed by atoms with Crippen LogP contribution < -0.4 is 4.90 Å². The van der Waals surface area contributed by atoms with Crippen molar-refractivity contribution in [3.63, 3.8) is 0 Å². The van der Waals surface area contributed by atoms with E-state index in [9.17, 15) is 9.59 Å². The molecule has 0 aliphatic heterocycles. The molecule has 7 heteroatoms. The predicted molar refractivity (Wildman–Crippen MR) is 80.7 cm³/mol. The molecule has 0 aliphatic carbocycles. The molecular formula is C13H12N2O3S2. The van der Waals surface area contributed by atoms with Gasteiger partial charge in [-0.1, -0.05) is 18.2 Å². The summed E-state index contributed by atoms with van der Waals surface area (Å²) in [6.45, 7) is 0. The molecule has 1 aromatic heterocycles. The van der Waals surface area contributed by atoms with Crippen LogP contribution in [0.2, 0.25) is 0 Å². The maximum atomic E-state index is 12.3. The first-order valence-electron chi connectivity index (χ1n) is 5.75. The molecule has 1 N–H and O–H groups in total. The summed E-state index contributed by atoms with van der Waals surface area (Å²) in [6, 6.07) is 9.19. The van der Waals surface area contributed by atoms with Gasteiger partial charge in [-0.15, -0.1) is 23.1 Å². The van der Waals surface area contributed by atoms with E-state index < -0.39 is 5.97 Å². The van der Waals surface area contributed by atoms with Gasteiger partial charge < -0.3 is 5.11 Å². The van der Waals surface area contributed by atoms with Crippen LogP contribution in [0.3, 0.4) is 0 Å². The summed E-state index contributed by atoms with van der Waals surface area (Å²) in [4.78, 5) is 28.5. The zero-order valence-electron chi connectivity index (χ0n) is 10.4. The molecular weight excluding hydrogens is 296 g/mol. The highest BCUT2D eigenvalue weighted by atomic mass is 32.2. The van der Waals surface area contributed by atoms with Crippen LogP contribution in [-0.2, 0) is 9.59 Å². The van der Waals surface area contributed by atoms with Gasteiger partial charge in [-0.3, -0.25) is 14.5 Å². The summed E-state index contributed by atoms with van der Waals surface area (Å²) < 4.78 is 0. The Morgan fingerprint density at radius 3 is 2.60 bits per heavy atom. The van der Waals surface area contributed by atoms with Crippen molar-refractivity contribution in [3.8, 4) is 0 Å². The Morgan fingerprint density at radius 1 is 1.25 bits per heavy atom. The molecule has 20 heavy (non-hydrogen) atoms. The first-order chi connectivity index (χ1) is 9.68. The number of carbonyl (C=O) groups excluding carboxylic acids is 1. The van der Waals surface area contributed by atoms with E-state index in [-0.39, 0.29) is 17.4 Å². The highest BCUT2D eigenvalue weighted by molar-refractivity contribution is 8.00. The number of carboxylic acids is 1. The second kappa shape index (κ2) is 7.06. The zero-order valence-corrected chi connectivity index (χ0v) is 12.1. The third-order valence-electron chi connectivity index (χ3n) is 2.33. The molecule has 1 amide bonds. The maximum Gasteiger partial charge on any atom is 0.313 e. The molecule has 0 radical (unpaired) electrons. The Morgan fingerprint density at radius 2 is 2.00 bits per heavy atom. The van der Waals surface area contributed by atoms with Gasteiger partial charge in [0.1, 0.15) is 0 Å². The molecule has 2 rings (SSSR count). The average molecular weight is 308 g/mol. The van der Waals surface area contributed by atoms with Gasteiger partial charge in [0.05, 0.1) is 17.2 Å². The zero-order chi connectivity index (χ0) is 14.4. The first-order valence-corrected chi connectivity index (χ1v) is 7.79. The van der Waals surface area contributed by atoms with Crippen LogP contribution >= 0.6 is 23.1 Å². The van der Waals surface area contributed by atoms with E-state index >= 15 is 0 Å².